The van der Waals surface area contributed by atoms with Crippen LogP contribution < -0.4 is 10.1 Å². The summed E-state index contributed by atoms with van der Waals surface area (Å²) in [5, 5.41) is 8.15. The van der Waals surface area contributed by atoms with Gasteiger partial charge in [-0.3, -0.25) is 14.5 Å². The van der Waals surface area contributed by atoms with E-state index in [0.717, 1.165) is 11.3 Å². The molecule has 2 heterocycles. The molecule has 0 fully saturated rings. The number of carbonyl (C=O) groups is 1. The van der Waals surface area contributed by atoms with Gasteiger partial charge in [-0.2, -0.15) is 5.10 Å². The second-order valence-corrected chi connectivity index (χ2v) is 8.52. The average molecular weight is 499 g/mol. The number of pyridine rings is 1. The van der Waals surface area contributed by atoms with E-state index in [1.54, 1.807) is 59.4 Å². The highest BCUT2D eigenvalue weighted by molar-refractivity contribution is 6.30. The number of carbonyl (C=O) groups excluding carboxylic acids is 1. The maximum Gasteiger partial charge on any atom is 0.231 e. The van der Waals surface area contributed by atoms with Crippen molar-refractivity contribution >= 4 is 34.9 Å². The maximum atomic E-state index is 14.1. The van der Waals surface area contributed by atoms with Crippen LogP contribution in [0, 0.1) is 12.7 Å². The zero-order valence-corrected chi connectivity index (χ0v) is 19.8. The largest absolute Gasteiger partial charge is 0.488 e. The first-order valence-corrected chi connectivity index (χ1v) is 11.2. The molecule has 0 saturated carbocycles. The molecule has 9 heteroatoms. The molecule has 1 amide bonds. The first-order chi connectivity index (χ1) is 16.4. The number of halogens is 3. The van der Waals surface area contributed by atoms with E-state index >= 15 is 0 Å². The minimum Gasteiger partial charge on any atom is -0.488 e. The highest BCUT2D eigenvalue weighted by Crippen LogP contribution is 2.26. The molecule has 0 aliphatic heterocycles. The molecule has 0 aliphatic carbocycles. The van der Waals surface area contributed by atoms with Gasteiger partial charge >= 0.3 is 0 Å². The number of nitrogens with zero attached hydrogens (tertiary/aromatic N) is 3. The van der Waals surface area contributed by atoms with Crippen molar-refractivity contribution in [1.82, 2.24) is 14.8 Å². The zero-order valence-electron chi connectivity index (χ0n) is 18.3. The van der Waals surface area contributed by atoms with Crippen molar-refractivity contribution in [3.05, 3.63) is 105 Å². The molecule has 2 aromatic heterocycles. The van der Waals surface area contributed by atoms with E-state index in [1.807, 2.05) is 13.0 Å². The van der Waals surface area contributed by atoms with Gasteiger partial charge in [0.15, 0.2) is 5.82 Å². The molecule has 0 atom stereocenters. The summed E-state index contributed by atoms with van der Waals surface area (Å²) >= 11 is 12.0. The minimum absolute atomic E-state index is 0.0323. The molecule has 4 rings (SSSR count). The van der Waals surface area contributed by atoms with Gasteiger partial charge in [0.05, 0.1) is 13.0 Å². The van der Waals surface area contributed by atoms with Crippen molar-refractivity contribution < 1.29 is 13.9 Å². The Morgan fingerprint density at radius 2 is 1.85 bits per heavy atom. The molecular formula is C25H21Cl2FN4O2. The molecule has 34 heavy (non-hydrogen) atoms. The predicted octanol–water partition coefficient (Wildman–Crippen LogP) is 5.84. The Morgan fingerprint density at radius 1 is 1.06 bits per heavy atom. The molecule has 0 aliphatic rings. The molecule has 0 spiro atoms. The van der Waals surface area contributed by atoms with Crippen LogP contribution in [-0.4, -0.2) is 20.7 Å². The lowest BCUT2D eigenvalue weighted by Gasteiger charge is -2.13. The van der Waals surface area contributed by atoms with Crippen LogP contribution in [0.1, 0.15) is 22.5 Å². The molecule has 4 aromatic rings. The third kappa shape index (κ3) is 6.12. The van der Waals surface area contributed by atoms with Gasteiger partial charge in [0.2, 0.25) is 5.91 Å². The van der Waals surface area contributed by atoms with Gasteiger partial charge in [-0.1, -0.05) is 35.3 Å². The second-order valence-electron chi connectivity index (χ2n) is 7.65. The smallest absolute Gasteiger partial charge is 0.231 e. The van der Waals surface area contributed by atoms with Gasteiger partial charge in [-0.15, -0.1) is 0 Å². The first kappa shape index (κ1) is 23.7. The van der Waals surface area contributed by atoms with E-state index in [-0.39, 0.29) is 18.9 Å². The van der Waals surface area contributed by atoms with Crippen LogP contribution in [0.15, 0.2) is 66.9 Å². The summed E-state index contributed by atoms with van der Waals surface area (Å²) in [6, 6.07) is 16.9. The summed E-state index contributed by atoms with van der Waals surface area (Å²) < 4.78 is 21.7. The number of ether oxygens (including phenoxy) is 1. The normalized spacial score (nSPS) is 10.8. The van der Waals surface area contributed by atoms with Gasteiger partial charge in [0, 0.05) is 44.8 Å². The molecule has 0 radical (unpaired) electrons. The van der Waals surface area contributed by atoms with E-state index in [9.17, 15) is 9.18 Å². The van der Waals surface area contributed by atoms with Crippen LogP contribution in [-0.2, 0) is 24.4 Å². The Labute approximate surface area is 206 Å². The Hall–Kier alpha value is -3.42. The number of amides is 1. The summed E-state index contributed by atoms with van der Waals surface area (Å²) in [7, 11) is 0. The number of anilines is 1. The van der Waals surface area contributed by atoms with E-state index in [2.05, 4.69) is 15.4 Å². The molecule has 174 valence electrons. The SMILES string of the molecule is Cc1cc(NC(=O)Cc2ccccn2)nn1Cc1cc(Cl)ccc1OCc1ccc(Cl)cc1F. The third-order valence-corrected chi connectivity index (χ3v) is 5.53. The number of hydrogen-bond acceptors (Lipinski definition) is 4. The lowest BCUT2D eigenvalue weighted by atomic mass is 10.2. The quantitative estimate of drug-likeness (QED) is 0.331. The van der Waals surface area contributed by atoms with Crippen molar-refractivity contribution in [3.8, 4) is 5.75 Å². The van der Waals surface area contributed by atoms with Gasteiger partial charge in [-0.05, 0) is 49.4 Å². The van der Waals surface area contributed by atoms with Crippen LogP contribution in [0.4, 0.5) is 10.2 Å². The summed E-state index contributed by atoms with van der Waals surface area (Å²) in [4.78, 5) is 16.5. The fourth-order valence-corrected chi connectivity index (χ4v) is 3.71. The number of rotatable bonds is 8. The van der Waals surface area contributed by atoms with Gasteiger partial charge in [0.1, 0.15) is 18.2 Å². The topological polar surface area (TPSA) is 69.0 Å². The third-order valence-electron chi connectivity index (χ3n) is 5.06. The molecule has 0 unspecified atom stereocenters. The first-order valence-electron chi connectivity index (χ1n) is 10.5. The van der Waals surface area contributed by atoms with Gasteiger partial charge in [0.25, 0.3) is 0 Å². The summed E-state index contributed by atoms with van der Waals surface area (Å²) in [6.45, 7) is 2.26. The molecular weight excluding hydrogens is 478 g/mol. The van der Waals surface area contributed by atoms with Crippen molar-refractivity contribution in [3.63, 3.8) is 0 Å². The second kappa shape index (κ2) is 10.7. The number of aryl methyl sites for hydroxylation is 1. The van der Waals surface area contributed by atoms with Crippen LogP contribution in [0.5, 0.6) is 5.75 Å². The predicted molar refractivity (Wildman–Crippen MR) is 130 cm³/mol. The van der Waals surface area contributed by atoms with Crippen molar-refractivity contribution in [2.75, 3.05) is 5.32 Å². The summed E-state index contributed by atoms with van der Waals surface area (Å²) in [5.74, 6) is 0.345. The van der Waals surface area contributed by atoms with E-state index < -0.39 is 5.82 Å². The maximum absolute atomic E-state index is 14.1. The van der Waals surface area contributed by atoms with E-state index in [4.69, 9.17) is 27.9 Å². The minimum atomic E-state index is -0.433. The highest BCUT2D eigenvalue weighted by atomic mass is 35.5. The summed E-state index contributed by atoms with van der Waals surface area (Å²) in [5.41, 5.74) is 2.66. The molecule has 2 aromatic carbocycles. The van der Waals surface area contributed by atoms with Crippen molar-refractivity contribution in [2.24, 2.45) is 0 Å². The Kier molecular flexibility index (Phi) is 7.45. The van der Waals surface area contributed by atoms with Crippen LogP contribution >= 0.6 is 23.2 Å². The van der Waals surface area contributed by atoms with E-state index in [0.29, 0.717) is 39.4 Å². The lowest BCUT2D eigenvalue weighted by Crippen LogP contribution is -2.16. The monoisotopic (exact) mass is 498 g/mol. The summed E-state index contributed by atoms with van der Waals surface area (Å²) in [6.07, 6.45) is 1.80. The van der Waals surface area contributed by atoms with E-state index in [1.165, 1.54) is 6.07 Å². The zero-order chi connectivity index (χ0) is 24.1. The Balaban J connectivity index is 1.46. The van der Waals surface area contributed by atoms with Crippen molar-refractivity contribution in [1.29, 1.82) is 0 Å². The molecule has 0 bridgehead atoms. The molecule has 0 saturated heterocycles. The van der Waals surface area contributed by atoms with Crippen molar-refractivity contribution in [2.45, 2.75) is 26.5 Å². The fourth-order valence-electron chi connectivity index (χ4n) is 3.35. The number of hydrogen-bond donors (Lipinski definition) is 1. The number of aromatic nitrogens is 3. The molecule has 1 N–H and O–H groups in total. The van der Waals surface area contributed by atoms with Crippen LogP contribution in [0.2, 0.25) is 10.0 Å². The fraction of sp³-hybridized carbons (Fsp3) is 0.160. The lowest BCUT2D eigenvalue weighted by molar-refractivity contribution is -0.115. The average Bonchev–Trinajstić information content (AvgIpc) is 3.13. The Morgan fingerprint density at radius 3 is 2.62 bits per heavy atom. The van der Waals surface area contributed by atoms with Gasteiger partial charge in [-0.25, -0.2) is 4.39 Å². The van der Waals surface area contributed by atoms with Gasteiger partial charge < -0.3 is 10.1 Å². The molecule has 6 nitrogen and oxygen atoms in total. The Bertz CT molecular complexity index is 1310. The van der Waals surface area contributed by atoms with Crippen LogP contribution in [0.25, 0.3) is 0 Å². The number of nitrogens with one attached hydrogen (secondary N) is 1. The highest BCUT2D eigenvalue weighted by Gasteiger charge is 2.13. The standard InChI is InChI=1S/C25H21Cl2FN4O2/c1-16-10-24(30-25(33)13-21-4-2-3-9-29-21)31-32(16)14-18-11-19(26)7-8-23(18)34-15-17-5-6-20(27)12-22(17)28/h2-12H,13-15H2,1H3,(H,30,31,33). The number of benzene rings is 2. The van der Waals surface area contributed by atoms with Crippen LogP contribution in [0.3, 0.4) is 0 Å².